The molecule has 0 heterocycles. The topological polar surface area (TPSA) is 54.0 Å². The molecule has 7 heteroatoms. The molecule has 0 amide bonds. The third-order valence-corrected chi connectivity index (χ3v) is 13.3. The fourth-order valence-electron chi connectivity index (χ4n) is 4.30. The number of benzene rings is 2. The van der Waals surface area contributed by atoms with Crippen LogP contribution in [-0.2, 0) is 48.2 Å². The minimum Gasteiger partial charge on any atom is -0.414 e. The van der Waals surface area contributed by atoms with E-state index < -0.39 is 16.1 Å². The molecular formula is C26H37O5PSi. The van der Waals surface area contributed by atoms with Gasteiger partial charge in [0.1, 0.15) is 0 Å². The predicted molar refractivity (Wildman–Crippen MR) is 134 cm³/mol. The molecule has 0 N–H and O–H groups in total. The SMILES string of the molecule is CC(C)(C)[Si](C)(C)OCCOP(=O)(OC1Cc2ccccc2C1)OC1Cc2ccccc2C1. The van der Waals surface area contributed by atoms with Gasteiger partial charge in [-0.2, -0.15) is 0 Å². The molecule has 0 atom stereocenters. The van der Waals surface area contributed by atoms with E-state index in [2.05, 4.69) is 58.1 Å². The van der Waals surface area contributed by atoms with Gasteiger partial charge in [0, 0.05) is 0 Å². The molecule has 33 heavy (non-hydrogen) atoms. The van der Waals surface area contributed by atoms with Gasteiger partial charge in [-0.25, -0.2) is 4.57 Å². The zero-order valence-electron chi connectivity index (χ0n) is 20.5. The first-order chi connectivity index (χ1) is 15.5. The molecule has 0 unspecified atom stereocenters. The van der Waals surface area contributed by atoms with Crippen molar-refractivity contribution in [3.05, 3.63) is 70.8 Å². The highest BCUT2D eigenvalue weighted by Gasteiger charge is 2.39. The lowest BCUT2D eigenvalue weighted by molar-refractivity contribution is 0.0502. The third-order valence-electron chi connectivity index (χ3n) is 7.19. The Labute approximate surface area is 199 Å². The average Bonchev–Trinajstić information content (AvgIpc) is 3.32. The lowest BCUT2D eigenvalue weighted by Gasteiger charge is -2.36. The van der Waals surface area contributed by atoms with Crippen molar-refractivity contribution in [1.29, 1.82) is 0 Å². The zero-order valence-corrected chi connectivity index (χ0v) is 22.4. The molecule has 0 aliphatic heterocycles. The Hall–Kier alpha value is -1.27. The molecular weight excluding hydrogens is 451 g/mol. The van der Waals surface area contributed by atoms with Crippen molar-refractivity contribution in [2.45, 2.75) is 76.8 Å². The first kappa shape index (κ1) is 24.8. The number of hydrogen-bond donors (Lipinski definition) is 0. The van der Waals surface area contributed by atoms with Gasteiger partial charge in [-0.05, 0) is 66.1 Å². The van der Waals surface area contributed by atoms with Gasteiger partial charge in [-0.3, -0.25) is 13.6 Å². The van der Waals surface area contributed by atoms with Gasteiger partial charge in [-0.1, -0.05) is 69.3 Å². The Bertz CT molecular complexity index is 904. The van der Waals surface area contributed by atoms with Crippen molar-refractivity contribution in [2.75, 3.05) is 13.2 Å². The number of fused-ring (bicyclic) bond motifs is 2. The molecule has 0 aromatic heterocycles. The molecule has 4 rings (SSSR count). The quantitative estimate of drug-likeness (QED) is 0.229. The van der Waals surface area contributed by atoms with Crippen molar-refractivity contribution in [3.63, 3.8) is 0 Å². The normalized spacial score (nSPS) is 17.4. The molecule has 0 bridgehead atoms. The summed E-state index contributed by atoms with van der Waals surface area (Å²) in [5.74, 6) is 0. The fraction of sp³-hybridized carbons (Fsp3) is 0.538. The maximum Gasteiger partial charge on any atom is 0.475 e. The van der Waals surface area contributed by atoms with Crippen molar-refractivity contribution in [1.82, 2.24) is 0 Å². The van der Waals surface area contributed by atoms with Gasteiger partial charge in [0.2, 0.25) is 0 Å². The second-order valence-electron chi connectivity index (χ2n) is 10.7. The molecule has 2 aromatic carbocycles. The van der Waals surface area contributed by atoms with Gasteiger partial charge in [0.15, 0.2) is 8.32 Å². The van der Waals surface area contributed by atoms with E-state index in [9.17, 15) is 4.57 Å². The highest BCUT2D eigenvalue weighted by molar-refractivity contribution is 7.48. The van der Waals surface area contributed by atoms with E-state index in [0.717, 1.165) is 25.7 Å². The van der Waals surface area contributed by atoms with E-state index in [1.54, 1.807) is 0 Å². The van der Waals surface area contributed by atoms with Crippen LogP contribution in [0.3, 0.4) is 0 Å². The highest BCUT2D eigenvalue weighted by atomic mass is 31.2. The van der Waals surface area contributed by atoms with Crippen LogP contribution in [0.2, 0.25) is 18.1 Å². The number of phosphoric ester groups is 1. The minimum atomic E-state index is -3.76. The first-order valence-electron chi connectivity index (χ1n) is 11.9. The summed E-state index contributed by atoms with van der Waals surface area (Å²) >= 11 is 0. The average molecular weight is 489 g/mol. The fourth-order valence-corrected chi connectivity index (χ4v) is 6.82. The van der Waals surface area contributed by atoms with Crippen molar-refractivity contribution >= 4 is 16.1 Å². The van der Waals surface area contributed by atoms with E-state index in [1.165, 1.54) is 22.3 Å². The monoisotopic (exact) mass is 488 g/mol. The minimum absolute atomic E-state index is 0.106. The number of phosphoric acid groups is 1. The second-order valence-corrected chi connectivity index (χ2v) is 17.1. The molecule has 0 radical (unpaired) electrons. The number of hydrogen-bond acceptors (Lipinski definition) is 5. The summed E-state index contributed by atoms with van der Waals surface area (Å²) in [7, 11) is -5.67. The zero-order chi connectivity index (χ0) is 23.7. The summed E-state index contributed by atoms with van der Waals surface area (Å²) in [6, 6.07) is 16.5. The van der Waals surface area contributed by atoms with Crippen LogP contribution in [0.25, 0.3) is 0 Å². The van der Waals surface area contributed by atoms with Gasteiger partial charge in [0.05, 0.1) is 25.4 Å². The summed E-state index contributed by atoms with van der Waals surface area (Å²) in [5.41, 5.74) is 4.96. The summed E-state index contributed by atoms with van der Waals surface area (Å²) < 4.78 is 38.1. The molecule has 0 spiro atoms. The first-order valence-corrected chi connectivity index (χ1v) is 16.3. The van der Waals surface area contributed by atoms with Crippen molar-refractivity contribution < 1.29 is 22.6 Å². The van der Waals surface area contributed by atoms with E-state index in [-0.39, 0.29) is 23.9 Å². The Morgan fingerprint density at radius 2 is 1.18 bits per heavy atom. The van der Waals surface area contributed by atoms with Crippen LogP contribution in [-0.4, -0.2) is 33.7 Å². The van der Waals surface area contributed by atoms with Crippen LogP contribution in [0, 0.1) is 0 Å². The molecule has 2 aliphatic carbocycles. The molecule has 2 aromatic rings. The van der Waals surface area contributed by atoms with Crippen LogP contribution in [0.5, 0.6) is 0 Å². The summed E-state index contributed by atoms with van der Waals surface area (Å²) in [6.45, 7) is 11.6. The van der Waals surface area contributed by atoms with Gasteiger partial charge >= 0.3 is 7.82 Å². The maximum atomic E-state index is 13.8. The van der Waals surface area contributed by atoms with Gasteiger partial charge in [0.25, 0.3) is 0 Å². The smallest absolute Gasteiger partial charge is 0.414 e. The second kappa shape index (κ2) is 9.77. The predicted octanol–water partition coefficient (Wildman–Crippen LogP) is 6.50. The molecule has 0 saturated carbocycles. The third kappa shape index (κ3) is 6.05. The molecule has 5 nitrogen and oxygen atoms in total. The maximum absolute atomic E-state index is 13.8. The van der Waals surface area contributed by atoms with Crippen LogP contribution in [0.15, 0.2) is 48.5 Å². The number of rotatable bonds is 9. The molecule has 2 aliphatic rings. The summed E-state index contributed by atoms with van der Waals surface area (Å²) in [6.07, 6.45) is 2.46. The van der Waals surface area contributed by atoms with E-state index >= 15 is 0 Å². The Morgan fingerprint density at radius 3 is 1.55 bits per heavy atom. The molecule has 180 valence electrons. The summed E-state index contributed by atoms with van der Waals surface area (Å²) in [5, 5.41) is 0.106. The van der Waals surface area contributed by atoms with Gasteiger partial charge in [-0.15, -0.1) is 0 Å². The Kier molecular flexibility index (Phi) is 7.35. The van der Waals surface area contributed by atoms with Crippen LogP contribution in [0.1, 0.15) is 43.0 Å². The highest BCUT2D eigenvalue weighted by Crippen LogP contribution is 2.54. The van der Waals surface area contributed by atoms with Crippen molar-refractivity contribution in [3.8, 4) is 0 Å². The largest absolute Gasteiger partial charge is 0.475 e. The lowest BCUT2D eigenvalue weighted by atomic mass is 10.1. The Balaban J connectivity index is 1.40. The standard InChI is InChI=1S/C26H37O5PSi/c1-26(2,3)33(4,5)29-15-14-28-32(27,30-24-16-20-10-6-7-11-21(20)17-24)31-25-18-22-12-8-9-13-23(22)19-25/h6-13,24-25H,14-19H2,1-5H3. The molecule has 0 saturated heterocycles. The molecule has 0 fully saturated rings. The van der Waals surface area contributed by atoms with Crippen molar-refractivity contribution in [2.24, 2.45) is 0 Å². The van der Waals surface area contributed by atoms with E-state index in [1.807, 2.05) is 24.3 Å². The lowest BCUT2D eigenvalue weighted by Crippen LogP contribution is -2.41. The van der Waals surface area contributed by atoms with Crippen LogP contribution in [0.4, 0.5) is 0 Å². The summed E-state index contributed by atoms with van der Waals surface area (Å²) in [4.78, 5) is 0. The van der Waals surface area contributed by atoms with Gasteiger partial charge < -0.3 is 4.43 Å². The van der Waals surface area contributed by atoms with Crippen LogP contribution < -0.4 is 0 Å². The van der Waals surface area contributed by atoms with Crippen LogP contribution >= 0.6 is 7.82 Å². The Morgan fingerprint density at radius 1 is 0.788 bits per heavy atom. The van der Waals surface area contributed by atoms with E-state index in [0.29, 0.717) is 6.61 Å². The van der Waals surface area contributed by atoms with E-state index in [4.69, 9.17) is 18.0 Å².